The van der Waals surface area contributed by atoms with Gasteiger partial charge in [0.15, 0.2) is 5.01 Å². The summed E-state index contributed by atoms with van der Waals surface area (Å²) in [6.45, 7) is 2.09. The number of pyridine rings is 1. The zero-order valence-corrected chi connectivity index (χ0v) is 14.3. The first kappa shape index (κ1) is 15.4. The van der Waals surface area contributed by atoms with E-state index in [-0.39, 0.29) is 6.04 Å². The van der Waals surface area contributed by atoms with E-state index in [1.54, 1.807) is 17.1 Å². The Morgan fingerprint density at radius 3 is 2.64 bits per heavy atom. The van der Waals surface area contributed by atoms with Crippen molar-refractivity contribution in [2.24, 2.45) is 0 Å². The monoisotopic (exact) mass is 349 g/mol. The van der Waals surface area contributed by atoms with Crippen LogP contribution in [0.1, 0.15) is 18.5 Å². The molecular weight excluding hydrogens is 334 g/mol. The molecule has 1 unspecified atom stereocenters. The molecule has 0 saturated carbocycles. The van der Waals surface area contributed by atoms with E-state index in [1.165, 1.54) is 11.3 Å². The number of rotatable bonds is 5. The number of benzene rings is 1. The molecular formula is C17H15N7S. The first-order valence-corrected chi connectivity index (χ1v) is 8.59. The lowest BCUT2D eigenvalue weighted by atomic mass is 10.1. The third kappa shape index (κ3) is 3.38. The van der Waals surface area contributed by atoms with Gasteiger partial charge < -0.3 is 5.32 Å². The van der Waals surface area contributed by atoms with Crippen LogP contribution in [0.4, 0.5) is 5.13 Å². The molecule has 0 aliphatic carbocycles. The van der Waals surface area contributed by atoms with Crippen LogP contribution in [0.15, 0.2) is 61.1 Å². The Kier molecular flexibility index (Phi) is 4.17. The summed E-state index contributed by atoms with van der Waals surface area (Å²) in [6.07, 6.45) is 5.23. The summed E-state index contributed by atoms with van der Waals surface area (Å²) in [5.41, 5.74) is 2.96. The fourth-order valence-corrected chi connectivity index (χ4v) is 3.21. The molecule has 3 heterocycles. The number of aromatic nitrogens is 6. The predicted octanol–water partition coefficient (Wildman–Crippen LogP) is 3.35. The van der Waals surface area contributed by atoms with E-state index >= 15 is 0 Å². The van der Waals surface area contributed by atoms with E-state index in [0.29, 0.717) is 0 Å². The molecule has 124 valence electrons. The van der Waals surface area contributed by atoms with Gasteiger partial charge in [-0.25, -0.2) is 4.68 Å². The Labute approximate surface area is 148 Å². The molecule has 0 fully saturated rings. The molecule has 4 aromatic rings. The van der Waals surface area contributed by atoms with Gasteiger partial charge in [-0.3, -0.25) is 4.98 Å². The Bertz CT molecular complexity index is 933. The standard InChI is InChI=1S/C17H15N7S/c1-12(13-5-7-14(8-6-13)24-11-10-19-23-24)20-17-22-21-16(25-17)15-4-2-3-9-18-15/h2-12H,1H3,(H,20,22). The van der Waals surface area contributed by atoms with Crippen LogP contribution in [0.25, 0.3) is 16.4 Å². The molecule has 0 bridgehead atoms. The molecule has 7 nitrogen and oxygen atoms in total. The van der Waals surface area contributed by atoms with Crippen molar-refractivity contribution >= 4 is 16.5 Å². The van der Waals surface area contributed by atoms with Gasteiger partial charge in [-0.2, -0.15) is 0 Å². The van der Waals surface area contributed by atoms with Crippen molar-refractivity contribution in [2.75, 3.05) is 5.32 Å². The summed E-state index contributed by atoms with van der Waals surface area (Å²) in [4.78, 5) is 4.30. The molecule has 3 aromatic heterocycles. The van der Waals surface area contributed by atoms with Crippen LogP contribution in [0.5, 0.6) is 0 Å². The Morgan fingerprint density at radius 2 is 1.92 bits per heavy atom. The average molecular weight is 349 g/mol. The van der Waals surface area contributed by atoms with Gasteiger partial charge in [-0.05, 0) is 36.8 Å². The molecule has 0 saturated heterocycles. The quantitative estimate of drug-likeness (QED) is 0.595. The van der Waals surface area contributed by atoms with Gasteiger partial charge in [0.2, 0.25) is 5.13 Å². The highest BCUT2D eigenvalue weighted by Gasteiger charge is 2.11. The summed E-state index contributed by atoms with van der Waals surface area (Å²) in [5, 5.41) is 21.2. The SMILES string of the molecule is CC(Nc1nnc(-c2ccccn2)s1)c1ccc(-n2ccnn2)cc1. The maximum atomic E-state index is 4.30. The van der Waals surface area contributed by atoms with Crippen molar-refractivity contribution < 1.29 is 0 Å². The summed E-state index contributed by atoms with van der Waals surface area (Å²) in [5.74, 6) is 0. The fourth-order valence-electron chi connectivity index (χ4n) is 2.40. The van der Waals surface area contributed by atoms with E-state index in [9.17, 15) is 0 Å². The highest BCUT2D eigenvalue weighted by atomic mass is 32.1. The molecule has 8 heteroatoms. The van der Waals surface area contributed by atoms with Crippen LogP contribution in [0.3, 0.4) is 0 Å². The van der Waals surface area contributed by atoms with E-state index in [4.69, 9.17) is 0 Å². The van der Waals surface area contributed by atoms with Crippen molar-refractivity contribution in [3.8, 4) is 16.4 Å². The number of hydrogen-bond donors (Lipinski definition) is 1. The molecule has 0 amide bonds. The molecule has 0 aliphatic rings. The number of nitrogens with one attached hydrogen (secondary N) is 1. The van der Waals surface area contributed by atoms with Crippen molar-refractivity contribution in [1.29, 1.82) is 0 Å². The van der Waals surface area contributed by atoms with Crippen molar-refractivity contribution in [3.63, 3.8) is 0 Å². The van der Waals surface area contributed by atoms with Crippen molar-refractivity contribution in [3.05, 3.63) is 66.6 Å². The highest BCUT2D eigenvalue weighted by molar-refractivity contribution is 7.18. The van der Waals surface area contributed by atoms with E-state index in [0.717, 1.165) is 27.1 Å². The van der Waals surface area contributed by atoms with E-state index < -0.39 is 0 Å². The maximum Gasteiger partial charge on any atom is 0.206 e. The summed E-state index contributed by atoms with van der Waals surface area (Å²) >= 11 is 1.49. The second-order valence-electron chi connectivity index (χ2n) is 5.43. The molecule has 0 radical (unpaired) electrons. The summed E-state index contributed by atoms with van der Waals surface area (Å²) in [6, 6.07) is 14.0. The Hall–Kier alpha value is -3.13. The second-order valence-corrected chi connectivity index (χ2v) is 6.41. The van der Waals surface area contributed by atoms with Crippen LogP contribution >= 0.6 is 11.3 Å². The van der Waals surface area contributed by atoms with E-state index in [2.05, 4.69) is 49.9 Å². The minimum atomic E-state index is 0.106. The van der Waals surface area contributed by atoms with Crippen LogP contribution < -0.4 is 5.32 Å². The van der Waals surface area contributed by atoms with Crippen LogP contribution in [0.2, 0.25) is 0 Å². The lowest BCUT2D eigenvalue weighted by molar-refractivity contribution is 0.800. The third-order valence-electron chi connectivity index (χ3n) is 3.73. The zero-order valence-electron chi connectivity index (χ0n) is 13.4. The fraction of sp³-hybridized carbons (Fsp3) is 0.118. The zero-order chi connectivity index (χ0) is 17.1. The smallest absolute Gasteiger partial charge is 0.206 e. The van der Waals surface area contributed by atoms with Crippen molar-refractivity contribution in [2.45, 2.75) is 13.0 Å². The first-order chi connectivity index (χ1) is 12.3. The minimum absolute atomic E-state index is 0.106. The molecule has 0 spiro atoms. The minimum Gasteiger partial charge on any atom is -0.354 e. The van der Waals surface area contributed by atoms with Gasteiger partial charge in [0, 0.05) is 6.20 Å². The van der Waals surface area contributed by atoms with Gasteiger partial charge >= 0.3 is 0 Å². The lowest BCUT2D eigenvalue weighted by Gasteiger charge is -2.13. The van der Waals surface area contributed by atoms with Crippen LogP contribution in [0, 0.1) is 0 Å². The first-order valence-electron chi connectivity index (χ1n) is 7.78. The molecule has 1 N–H and O–H groups in total. The average Bonchev–Trinajstić information content (AvgIpc) is 3.35. The summed E-state index contributed by atoms with van der Waals surface area (Å²) < 4.78 is 1.73. The molecule has 1 aromatic carbocycles. The molecule has 25 heavy (non-hydrogen) atoms. The number of nitrogens with zero attached hydrogens (tertiary/aromatic N) is 6. The molecule has 1 atom stereocenters. The highest BCUT2D eigenvalue weighted by Crippen LogP contribution is 2.27. The largest absolute Gasteiger partial charge is 0.354 e. The van der Waals surface area contributed by atoms with E-state index in [1.807, 2.05) is 36.5 Å². The second kappa shape index (κ2) is 6.78. The van der Waals surface area contributed by atoms with Crippen LogP contribution in [-0.2, 0) is 0 Å². The van der Waals surface area contributed by atoms with Gasteiger partial charge in [0.05, 0.1) is 24.1 Å². The lowest BCUT2D eigenvalue weighted by Crippen LogP contribution is -2.06. The van der Waals surface area contributed by atoms with Gasteiger partial charge in [-0.1, -0.05) is 34.7 Å². The predicted molar refractivity (Wildman–Crippen MR) is 96.5 cm³/mol. The van der Waals surface area contributed by atoms with Crippen molar-refractivity contribution in [1.82, 2.24) is 30.2 Å². The Balaban J connectivity index is 1.47. The topological polar surface area (TPSA) is 81.4 Å². The van der Waals surface area contributed by atoms with Gasteiger partial charge in [0.1, 0.15) is 5.69 Å². The van der Waals surface area contributed by atoms with Gasteiger partial charge in [0.25, 0.3) is 0 Å². The van der Waals surface area contributed by atoms with Crippen LogP contribution in [-0.4, -0.2) is 30.2 Å². The number of anilines is 1. The maximum absolute atomic E-state index is 4.30. The van der Waals surface area contributed by atoms with Gasteiger partial charge in [-0.15, -0.1) is 15.3 Å². The molecule has 0 aliphatic heterocycles. The third-order valence-corrected chi connectivity index (χ3v) is 4.61. The molecule has 4 rings (SSSR count). The number of hydrogen-bond acceptors (Lipinski definition) is 7. The normalized spacial score (nSPS) is 12.0. The Morgan fingerprint density at radius 1 is 1.04 bits per heavy atom. The summed E-state index contributed by atoms with van der Waals surface area (Å²) in [7, 11) is 0.